The largest absolute Gasteiger partial charge is 0.360 e. The van der Waals surface area contributed by atoms with Crippen molar-refractivity contribution in [3.63, 3.8) is 0 Å². The molecule has 3 rings (SSSR count). The van der Waals surface area contributed by atoms with Crippen molar-refractivity contribution in [3.05, 3.63) is 30.2 Å². The summed E-state index contributed by atoms with van der Waals surface area (Å²) in [6.07, 6.45) is 2.38. The number of carbonyl (C=O) groups is 1. The van der Waals surface area contributed by atoms with E-state index in [-0.39, 0.29) is 11.9 Å². The monoisotopic (exact) mass is 336 g/mol. The second-order valence-corrected chi connectivity index (χ2v) is 6.15. The lowest BCUT2D eigenvalue weighted by Crippen LogP contribution is -2.41. The van der Waals surface area contributed by atoms with Gasteiger partial charge in [-0.15, -0.1) is 0 Å². The molecule has 0 aliphatic carbocycles. The van der Waals surface area contributed by atoms with Crippen LogP contribution in [0.25, 0.3) is 0 Å². The lowest BCUT2D eigenvalue weighted by Gasteiger charge is -2.23. The van der Waals surface area contributed by atoms with Gasteiger partial charge in [-0.3, -0.25) is 9.69 Å². The van der Waals surface area contributed by atoms with E-state index in [4.69, 9.17) is 4.52 Å². The summed E-state index contributed by atoms with van der Waals surface area (Å²) in [5, 5.41) is 10.7. The van der Waals surface area contributed by atoms with Crippen molar-refractivity contribution in [3.8, 4) is 0 Å². The molecule has 1 N–H and O–H groups in total. The van der Waals surface area contributed by atoms with Gasteiger partial charge in [0.25, 0.3) is 0 Å². The molecule has 130 valence electrons. The van der Waals surface area contributed by atoms with Gasteiger partial charge in [-0.05, 0) is 20.3 Å². The van der Waals surface area contributed by atoms with Crippen LogP contribution in [0.15, 0.2) is 23.2 Å². The standard InChI is InChI=1S/C15H21FN6O2/c1-10-3-14(24-20-10)7-21-6-12(16)4-13(21)5-18-15(23)11(2)22-9-17-8-19-22/h3,8-9,11-13H,4-7H2,1-2H3,(H,18,23)/t11-,12+,13+/m1/s1. The Labute approximate surface area is 139 Å². The molecule has 1 amide bonds. The van der Waals surface area contributed by atoms with Crippen LogP contribution in [-0.4, -0.2) is 56.0 Å². The molecule has 0 radical (unpaired) electrons. The van der Waals surface area contributed by atoms with Crippen molar-refractivity contribution >= 4 is 5.91 Å². The number of halogens is 1. The van der Waals surface area contributed by atoms with E-state index >= 15 is 0 Å². The molecule has 24 heavy (non-hydrogen) atoms. The molecule has 3 heterocycles. The molecule has 2 aromatic heterocycles. The SMILES string of the molecule is Cc1cc(CN2C[C@@H](F)C[C@H]2CNC(=O)[C@@H](C)n2cncn2)on1. The van der Waals surface area contributed by atoms with E-state index in [1.165, 1.54) is 17.3 Å². The second kappa shape index (κ2) is 7.08. The summed E-state index contributed by atoms with van der Waals surface area (Å²) in [4.78, 5) is 18.0. The Morgan fingerprint density at radius 1 is 1.58 bits per heavy atom. The first-order valence-corrected chi connectivity index (χ1v) is 7.95. The van der Waals surface area contributed by atoms with Gasteiger partial charge in [0.15, 0.2) is 5.76 Å². The summed E-state index contributed by atoms with van der Waals surface area (Å²) in [7, 11) is 0. The van der Waals surface area contributed by atoms with Crippen LogP contribution in [0, 0.1) is 6.92 Å². The first-order chi connectivity index (χ1) is 11.5. The van der Waals surface area contributed by atoms with Gasteiger partial charge in [0.2, 0.25) is 5.91 Å². The van der Waals surface area contributed by atoms with Crippen molar-refractivity contribution in [2.75, 3.05) is 13.1 Å². The average Bonchev–Trinajstić information content (AvgIpc) is 3.27. The fourth-order valence-electron chi connectivity index (χ4n) is 2.92. The lowest BCUT2D eigenvalue weighted by molar-refractivity contribution is -0.124. The first-order valence-electron chi connectivity index (χ1n) is 7.95. The number of likely N-dealkylation sites (tertiary alicyclic amines) is 1. The molecule has 0 unspecified atom stereocenters. The van der Waals surface area contributed by atoms with Crippen LogP contribution in [-0.2, 0) is 11.3 Å². The summed E-state index contributed by atoms with van der Waals surface area (Å²) in [5.41, 5.74) is 0.799. The van der Waals surface area contributed by atoms with Gasteiger partial charge in [0.05, 0.1) is 12.2 Å². The summed E-state index contributed by atoms with van der Waals surface area (Å²) in [5.74, 6) is 0.534. The smallest absolute Gasteiger partial charge is 0.244 e. The Bertz CT molecular complexity index is 673. The molecule has 1 fully saturated rings. The number of nitrogens with zero attached hydrogens (tertiary/aromatic N) is 5. The van der Waals surface area contributed by atoms with Crippen LogP contribution in [0.1, 0.15) is 30.8 Å². The summed E-state index contributed by atoms with van der Waals surface area (Å²) < 4.78 is 20.5. The number of nitrogens with one attached hydrogen (secondary N) is 1. The maximum Gasteiger partial charge on any atom is 0.244 e. The third kappa shape index (κ3) is 3.78. The molecule has 9 heteroatoms. The highest BCUT2D eigenvalue weighted by Crippen LogP contribution is 2.22. The predicted octanol–water partition coefficient (Wildman–Crippen LogP) is 0.864. The average molecular weight is 336 g/mol. The number of carbonyl (C=O) groups excluding carboxylic acids is 1. The van der Waals surface area contributed by atoms with Crippen molar-refractivity contribution in [1.82, 2.24) is 30.1 Å². The molecule has 1 saturated heterocycles. The Morgan fingerprint density at radius 3 is 3.08 bits per heavy atom. The molecule has 1 aliphatic rings. The van der Waals surface area contributed by atoms with Gasteiger partial charge in [-0.25, -0.2) is 14.1 Å². The molecule has 8 nitrogen and oxygen atoms in total. The van der Waals surface area contributed by atoms with Crippen LogP contribution >= 0.6 is 0 Å². The maximum absolute atomic E-state index is 13.8. The fourth-order valence-corrected chi connectivity index (χ4v) is 2.92. The molecule has 2 aromatic rings. The van der Waals surface area contributed by atoms with Gasteiger partial charge < -0.3 is 9.84 Å². The van der Waals surface area contributed by atoms with Gasteiger partial charge in [0.1, 0.15) is 24.9 Å². The first kappa shape index (κ1) is 16.6. The van der Waals surface area contributed by atoms with Crippen LogP contribution < -0.4 is 5.32 Å². The van der Waals surface area contributed by atoms with Gasteiger partial charge in [-0.1, -0.05) is 5.16 Å². The number of hydrogen-bond donors (Lipinski definition) is 1. The van der Waals surface area contributed by atoms with E-state index in [0.717, 1.165) is 5.69 Å². The molecule has 0 bridgehead atoms. The molecule has 0 saturated carbocycles. The van der Waals surface area contributed by atoms with Crippen LogP contribution in [0.4, 0.5) is 4.39 Å². The Kier molecular flexibility index (Phi) is 4.89. The van der Waals surface area contributed by atoms with Crippen molar-refractivity contribution in [2.45, 2.75) is 45.1 Å². The number of hydrogen-bond acceptors (Lipinski definition) is 6. The van der Waals surface area contributed by atoms with E-state index in [2.05, 4.69) is 20.6 Å². The topological polar surface area (TPSA) is 89.1 Å². The lowest BCUT2D eigenvalue weighted by atomic mass is 10.2. The third-order valence-corrected chi connectivity index (χ3v) is 4.24. The summed E-state index contributed by atoms with van der Waals surface area (Å²) in [6.45, 7) is 4.79. The van der Waals surface area contributed by atoms with Crippen LogP contribution in [0.5, 0.6) is 0 Å². The van der Waals surface area contributed by atoms with Crippen LogP contribution in [0.2, 0.25) is 0 Å². The zero-order chi connectivity index (χ0) is 17.1. The zero-order valence-corrected chi connectivity index (χ0v) is 13.7. The van der Waals surface area contributed by atoms with Gasteiger partial charge in [0, 0.05) is 25.2 Å². The highest BCUT2D eigenvalue weighted by molar-refractivity contribution is 5.79. The fraction of sp³-hybridized carbons (Fsp3) is 0.600. The van der Waals surface area contributed by atoms with E-state index in [1.807, 2.05) is 17.9 Å². The summed E-state index contributed by atoms with van der Waals surface area (Å²) in [6, 6.07) is 1.31. The number of aryl methyl sites for hydroxylation is 1. The van der Waals surface area contributed by atoms with Gasteiger partial charge >= 0.3 is 0 Å². The zero-order valence-electron chi connectivity index (χ0n) is 13.7. The minimum Gasteiger partial charge on any atom is -0.360 e. The molecule has 3 atom stereocenters. The number of aromatic nitrogens is 4. The van der Waals surface area contributed by atoms with Crippen molar-refractivity contribution < 1.29 is 13.7 Å². The minimum atomic E-state index is -0.899. The predicted molar refractivity (Wildman–Crippen MR) is 82.7 cm³/mol. The molecule has 1 aliphatic heterocycles. The van der Waals surface area contributed by atoms with E-state index in [1.54, 1.807) is 6.92 Å². The highest BCUT2D eigenvalue weighted by Gasteiger charge is 2.33. The quantitative estimate of drug-likeness (QED) is 0.842. The number of amides is 1. The Morgan fingerprint density at radius 2 is 2.42 bits per heavy atom. The van der Waals surface area contributed by atoms with Crippen LogP contribution in [0.3, 0.4) is 0 Å². The third-order valence-electron chi connectivity index (χ3n) is 4.24. The van der Waals surface area contributed by atoms with Crippen molar-refractivity contribution in [1.29, 1.82) is 0 Å². The Hall–Kier alpha value is -2.29. The van der Waals surface area contributed by atoms with E-state index < -0.39 is 12.2 Å². The second-order valence-electron chi connectivity index (χ2n) is 6.15. The maximum atomic E-state index is 13.8. The molecular weight excluding hydrogens is 315 g/mol. The number of alkyl halides is 1. The van der Waals surface area contributed by atoms with E-state index in [0.29, 0.717) is 31.8 Å². The normalized spacial score (nSPS) is 22.6. The van der Waals surface area contributed by atoms with Crippen molar-refractivity contribution in [2.24, 2.45) is 0 Å². The van der Waals surface area contributed by atoms with E-state index in [9.17, 15) is 9.18 Å². The van der Waals surface area contributed by atoms with Gasteiger partial charge in [-0.2, -0.15) is 5.10 Å². The Balaban J connectivity index is 1.55. The highest BCUT2D eigenvalue weighted by atomic mass is 19.1. The molecular formula is C15H21FN6O2. The molecule has 0 spiro atoms. The summed E-state index contributed by atoms with van der Waals surface area (Å²) >= 11 is 0. The minimum absolute atomic E-state index is 0.0719. The number of rotatable bonds is 6. The molecule has 0 aromatic carbocycles.